The molecule has 1 fully saturated rings. The van der Waals surface area contributed by atoms with Crippen LogP contribution in [-0.4, -0.2) is 23.5 Å². The van der Waals surface area contributed by atoms with E-state index in [2.05, 4.69) is 5.32 Å². The number of nitrogens with one attached hydrogen (secondary N) is 1. The van der Waals surface area contributed by atoms with Gasteiger partial charge in [-0.1, -0.05) is 6.07 Å². The maximum absolute atomic E-state index is 11.7. The first kappa shape index (κ1) is 11.5. The number of rotatable bonds is 3. The fourth-order valence-electron chi connectivity index (χ4n) is 1.95. The molecule has 1 aliphatic rings. The fourth-order valence-corrected chi connectivity index (χ4v) is 1.95. The van der Waals surface area contributed by atoms with Crippen molar-refractivity contribution in [1.82, 2.24) is 5.32 Å². The molecule has 0 spiro atoms. The molecule has 1 aliphatic heterocycles. The standard InChI is InChI=1S/C11H13N3O3/c12-11(7-14-4-2-1-3-5-14)6-8(9(15)16)13-10(11)17/h1-5,8H,6-7,12H2,(H-,13,15,16,17)/t8-,11?/m0/s1. The van der Waals surface area contributed by atoms with Crippen molar-refractivity contribution in [2.45, 2.75) is 24.5 Å². The van der Waals surface area contributed by atoms with Crippen molar-refractivity contribution < 1.29 is 19.3 Å². The minimum absolute atomic E-state index is 0.0378. The van der Waals surface area contributed by atoms with Crippen LogP contribution >= 0.6 is 0 Å². The van der Waals surface area contributed by atoms with Crippen molar-refractivity contribution in [2.24, 2.45) is 5.73 Å². The number of nitrogens with zero attached hydrogens (tertiary/aromatic N) is 1. The zero-order valence-electron chi connectivity index (χ0n) is 9.13. The van der Waals surface area contributed by atoms with Gasteiger partial charge in [-0.25, -0.2) is 4.57 Å². The lowest BCUT2D eigenvalue weighted by molar-refractivity contribution is -0.701. The molecule has 6 heteroatoms. The SMILES string of the molecule is NC1(C[n+]2ccccc2)C[C@@H](C(=O)[O-])NC1=O. The van der Waals surface area contributed by atoms with E-state index in [-0.39, 0.29) is 13.0 Å². The van der Waals surface area contributed by atoms with Crippen LogP contribution in [0.3, 0.4) is 0 Å². The van der Waals surface area contributed by atoms with E-state index >= 15 is 0 Å². The predicted octanol–water partition coefficient (Wildman–Crippen LogP) is -2.69. The third kappa shape index (κ3) is 2.26. The molecule has 90 valence electrons. The van der Waals surface area contributed by atoms with Crippen molar-refractivity contribution in [1.29, 1.82) is 0 Å². The maximum Gasteiger partial charge on any atom is 0.247 e. The van der Waals surface area contributed by atoms with Crippen LogP contribution in [0.4, 0.5) is 0 Å². The normalized spacial score (nSPS) is 27.8. The van der Waals surface area contributed by atoms with Crippen molar-refractivity contribution in [3.63, 3.8) is 0 Å². The lowest BCUT2D eigenvalue weighted by atomic mass is 9.96. The van der Waals surface area contributed by atoms with Gasteiger partial charge in [-0.15, -0.1) is 0 Å². The summed E-state index contributed by atoms with van der Waals surface area (Å²) in [5.74, 6) is -1.76. The number of nitrogens with two attached hydrogens (primary N) is 1. The molecule has 3 N–H and O–H groups in total. The molecule has 1 aromatic rings. The van der Waals surface area contributed by atoms with Gasteiger partial charge in [0.15, 0.2) is 24.5 Å². The number of carboxylic acid groups (broad SMARTS) is 1. The second-order valence-corrected chi connectivity index (χ2v) is 4.25. The van der Waals surface area contributed by atoms with E-state index in [1.165, 1.54) is 0 Å². The summed E-state index contributed by atoms with van der Waals surface area (Å²) in [7, 11) is 0. The first-order chi connectivity index (χ1) is 8.01. The Bertz CT molecular complexity index is 449. The average Bonchev–Trinajstić information content (AvgIpc) is 2.57. The first-order valence-corrected chi connectivity index (χ1v) is 5.26. The number of amides is 1. The predicted molar refractivity (Wildman–Crippen MR) is 55.1 cm³/mol. The second-order valence-electron chi connectivity index (χ2n) is 4.25. The molecule has 6 nitrogen and oxygen atoms in total. The van der Waals surface area contributed by atoms with E-state index in [1.807, 2.05) is 18.2 Å². The summed E-state index contributed by atoms with van der Waals surface area (Å²) in [5, 5.41) is 13.0. The van der Waals surface area contributed by atoms with Crippen molar-refractivity contribution >= 4 is 11.9 Å². The van der Waals surface area contributed by atoms with E-state index in [0.717, 1.165) is 0 Å². The van der Waals surface area contributed by atoms with Crippen LogP contribution in [-0.2, 0) is 16.1 Å². The highest BCUT2D eigenvalue weighted by atomic mass is 16.4. The van der Waals surface area contributed by atoms with E-state index in [0.29, 0.717) is 0 Å². The monoisotopic (exact) mass is 235 g/mol. The molecule has 0 aromatic carbocycles. The van der Waals surface area contributed by atoms with Gasteiger partial charge in [0.25, 0.3) is 0 Å². The summed E-state index contributed by atoms with van der Waals surface area (Å²) in [5.41, 5.74) is 4.74. The number of carbonyl (C=O) groups excluding carboxylic acids is 2. The van der Waals surface area contributed by atoms with Gasteiger partial charge in [-0.05, 0) is 0 Å². The molecule has 17 heavy (non-hydrogen) atoms. The second kappa shape index (κ2) is 4.14. The molecule has 2 atom stereocenters. The Morgan fingerprint density at radius 3 is 2.71 bits per heavy atom. The highest BCUT2D eigenvalue weighted by molar-refractivity contribution is 5.93. The Kier molecular flexibility index (Phi) is 2.81. The Labute approximate surface area is 98.1 Å². The van der Waals surface area contributed by atoms with Crippen LogP contribution < -0.4 is 20.7 Å². The van der Waals surface area contributed by atoms with Gasteiger partial charge in [0, 0.05) is 18.6 Å². The van der Waals surface area contributed by atoms with Gasteiger partial charge in [-0.3, -0.25) is 4.79 Å². The van der Waals surface area contributed by atoms with Gasteiger partial charge in [0.1, 0.15) is 0 Å². The number of carbonyl (C=O) groups is 2. The number of pyridine rings is 1. The van der Waals surface area contributed by atoms with Gasteiger partial charge >= 0.3 is 0 Å². The third-order valence-electron chi connectivity index (χ3n) is 2.85. The lowest BCUT2D eigenvalue weighted by Crippen LogP contribution is -2.57. The highest BCUT2D eigenvalue weighted by Crippen LogP contribution is 2.18. The Morgan fingerprint density at radius 2 is 2.18 bits per heavy atom. The van der Waals surface area contributed by atoms with Crippen LogP contribution in [0, 0.1) is 0 Å². The molecule has 1 saturated heterocycles. The zero-order valence-corrected chi connectivity index (χ0v) is 9.13. The van der Waals surface area contributed by atoms with E-state index < -0.39 is 23.5 Å². The number of hydrogen-bond donors (Lipinski definition) is 2. The molecule has 1 unspecified atom stereocenters. The fraction of sp³-hybridized carbons (Fsp3) is 0.364. The summed E-state index contributed by atoms with van der Waals surface area (Å²) in [6.07, 6.45) is 3.58. The van der Waals surface area contributed by atoms with Crippen LogP contribution in [0.2, 0.25) is 0 Å². The van der Waals surface area contributed by atoms with E-state index in [9.17, 15) is 14.7 Å². The van der Waals surface area contributed by atoms with Crippen LogP contribution in [0.15, 0.2) is 30.6 Å². The highest BCUT2D eigenvalue weighted by Gasteiger charge is 2.47. The summed E-state index contributed by atoms with van der Waals surface area (Å²) in [6, 6.07) is 4.47. The Morgan fingerprint density at radius 1 is 1.53 bits per heavy atom. The minimum Gasteiger partial charge on any atom is -0.548 e. The number of aliphatic carboxylic acids is 1. The van der Waals surface area contributed by atoms with Crippen LogP contribution in [0.25, 0.3) is 0 Å². The van der Waals surface area contributed by atoms with Gasteiger partial charge in [0.05, 0.1) is 12.0 Å². The number of aromatic nitrogens is 1. The summed E-state index contributed by atoms with van der Waals surface area (Å²) < 4.78 is 1.75. The summed E-state index contributed by atoms with van der Waals surface area (Å²) >= 11 is 0. The third-order valence-corrected chi connectivity index (χ3v) is 2.85. The van der Waals surface area contributed by atoms with Gasteiger partial charge in [0.2, 0.25) is 5.91 Å². The number of carboxylic acids is 1. The molecule has 0 aliphatic carbocycles. The molecule has 0 radical (unpaired) electrons. The van der Waals surface area contributed by atoms with E-state index in [1.54, 1.807) is 17.0 Å². The molecule has 0 saturated carbocycles. The molecule has 2 heterocycles. The summed E-state index contributed by atoms with van der Waals surface area (Å²) in [4.78, 5) is 22.4. The molecule has 2 rings (SSSR count). The van der Waals surface area contributed by atoms with Crippen molar-refractivity contribution in [3.8, 4) is 0 Å². The first-order valence-electron chi connectivity index (χ1n) is 5.26. The quantitative estimate of drug-likeness (QED) is 0.557. The lowest BCUT2D eigenvalue weighted by Gasteiger charge is -2.16. The summed E-state index contributed by atoms with van der Waals surface area (Å²) in [6.45, 7) is 0.240. The van der Waals surface area contributed by atoms with Gasteiger partial charge in [-0.2, -0.15) is 0 Å². The van der Waals surface area contributed by atoms with Gasteiger partial charge < -0.3 is 21.0 Å². The molecule has 0 bridgehead atoms. The number of hydrogen-bond acceptors (Lipinski definition) is 4. The van der Waals surface area contributed by atoms with Crippen LogP contribution in [0.5, 0.6) is 0 Å². The Balaban J connectivity index is 2.15. The van der Waals surface area contributed by atoms with Crippen LogP contribution in [0.1, 0.15) is 6.42 Å². The minimum atomic E-state index is -1.30. The topological polar surface area (TPSA) is 99.1 Å². The molecule has 1 aromatic heterocycles. The smallest absolute Gasteiger partial charge is 0.247 e. The molecular weight excluding hydrogens is 222 g/mol. The zero-order chi connectivity index (χ0) is 12.5. The molecule has 1 amide bonds. The van der Waals surface area contributed by atoms with Crippen molar-refractivity contribution in [3.05, 3.63) is 30.6 Å². The van der Waals surface area contributed by atoms with E-state index in [4.69, 9.17) is 5.73 Å². The Hall–Kier alpha value is -1.95. The van der Waals surface area contributed by atoms with Crippen molar-refractivity contribution in [2.75, 3.05) is 0 Å². The maximum atomic E-state index is 11.7. The largest absolute Gasteiger partial charge is 0.548 e. The molecular formula is C11H13N3O3. The average molecular weight is 235 g/mol.